The summed E-state index contributed by atoms with van der Waals surface area (Å²) in [6.07, 6.45) is -12.2. The Hall–Kier alpha value is -0.750. The molecule has 0 fully saturated rings. The van der Waals surface area contributed by atoms with Crippen LogP contribution in [0.2, 0.25) is 0 Å². The van der Waals surface area contributed by atoms with Gasteiger partial charge in [-0.1, -0.05) is 0 Å². The SMILES string of the molecule is C/C(=C(\F)CC(F)(F)F)C(F)(F)F. The second-order valence-corrected chi connectivity index (χ2v) is 2.32. The molecular formula is C6H5F7. The first-order valence-corrected chi connectivity index (χ1v) is 3.03. The number of rotatable bonds is 1. The first-order valence-electron chi connectivity index (χ1n) is 3.03. The van der Waals surface area contributed by atoms with Gasteiger partial charge in [-0.2, -0.15) is 26.3 Å². The molecular weight excluding hydrogens is 205 g/mol. The molecule has 0 saturated heterocycles. The molecule has 0 aliphatic carbocycles. The predicted octanol–water partition coefficient (Wildman–Crippen LogP) is 3.74. The lowest BCUT2D eigenvalue weighted by molar-refractivity contribution is -0.132. The highest BCUT2D eigenvalue weighted by Crippen LogP contribution is 2.33. The second-order valence-electron chi connectivity index (χ2n) is 2.32. The molecule has 0 nitrogen and oxygen atoms in total. The topological polar surface area (TPSA) is 0 Å². The first-order chi connectivity index (χ1) is 5.54. The number of hydrogen-bond donors (Lipinski definition) is 0. The molecule has 0 heterocycles. The Kier molecular flexibility index (Phi) is 3.34. The van der Waals surface area contributed by atoms with Crippen molar-refractivity contribution in [3.63, 3.8) is 0 Å². The second kappa shape index (κ2) is 3.55. The van der Waals surface area contributed by atoms with Crippen LogP contribution in [-0.2, 0) is 0 Å². The molecule has 13 heavy (non-hydrogen) atoms. The summed E-state index contributed by atoms with van der Waals surface area (Å²) in [6, 6.07) is 0. The lowest BCUT2D eigenvalue weighted by Crippen LogP contribution is -2.14. The van der Waals surface area contributed by atoms with Crippen molar-refractivity contribution in [3.8, 4) is 0 Å². The highest BCUT2D eigenvalue weighted by atomic mass is 19.4. The Labute approximate surface area is 69.0 Å². The van der Waals surface area contributed by atoms with Gasteiger partial charge in [0.2, 0.25) is 0 Å². The van der Waals surface area contributed by atoms with Gasteiger partial charge >= 0.3 is 12.4 Å². The largest absolute Gasteiger partial charge is 0.414 e. The van der Waals surface area contributed by atoms with E-state index in [0.717, 1.165) is 0 Å². The maximum atomic E-state index is 12.2. The maximum absolute atomic E-state index is 12.2. The van der Waals surface area contributed by atoms with E-state index in [-0.39, 0.29) is 6.92 Å². The van der Waals surface area contributed by atoms with E-state index >= 15 is 0 Å². The highest BCUT2D eigenvalue weighted by Gasteiger charge is 2.37. The van der Waals surface area contributed by atoms with Crippen molar-refractivity contribution in [1.82, 2.24) is 0 Å². The minimum absolute atomic E-state index is 0.265. The zero-order valence-electron chi connectivity index (χ0n) is 6.35. The zero-order valence-corrected chi connectivity index (χ0v) is 6.35. The van der Waals surface area contributed by atoms with E-state index in [0.29, 0.717) is 0 Å². The van der Waals surface area contributed by atoms with E-state index in [1.807, 2.05) is 0 Å². The van der Waals surface area contributed by atoms with Crippen LogP contribution in [0.3, 0.4) is 0 Å². The number of halogens is 7. The Morgan fingerprint density at radius 2 is 1.38 bits per heavy atom. The number of alkyl halides is 6. The Bertz CT molecular complexity index is 206. The van der Waals surface area contributed by atoms with E-state index in [4.69, 9.17) is 0 Å². The average molecular weight is 210 g/mol. The van der Waals surface area contributed by atoms with Gasteiger partial charge in [0.15, 0.2) is 0 Å². The monoisotopic (exact) mass is 210 g/mol. The maximum Gasteiger partial charge on any atom is 0.414 e. The van der Waals surface area contributed by atoms with Crippen molar-refractivity contribution in [2.75, 3.05) is 0 Å². The van der Waals surface area contributed by atoms with Crippen LogP contribution in [-0.4, -0.2) is 12.4 Å². The van der Waals surface area contributed by atoms with Crippen molar-refractivity contribution in [3.05, 3.63) is 11.4 Å². The fourth-order valence-corrected chi connectivity index (χ4v) is 0.462. The van der Waals surface area contributed by atoms with Gasteiger partial charge in [0.05, 0.1) is 12.0 Å². The molecule has 0 bridgehead atoms. The third kappa shape index (κ3) is 4.74. The van der Waals surface area contributed by atoms with E-state index in [9.17, 15) is 30.7 Å². The molecule has 7 heteroatoms. The van der Waals surface area contributed by atoms with Crippen molar-refractivity contribution < 1.29 is 30.7 Å². The summed E-state index contributed by atoms with van der Waals surface area (Å²) < 4.78 is 81.3. The molecule has 0 aromatic rings. The third-order valence-electron chi connectivity index (χ3n) is 1.19. The molecule has 0 aliphatic heterocycles. The lowest BCUT2D eigenvalue weighted by Gasteiger charge is -2.10. The molecule has 0 rings (SSSR count). The standard InChI is InChI=1S/C6H5F7/c1-3(6(11,12)13)4(7)2-5(8,9)10/h2H2,1H3/b4-3+. The van der Waals surface area contributed by atoms with Crippen LogP contribution in [0, 0.1) is 0 Å². The fraction of sp³-hybridized carbons (Fsp3) is 0.667. The molecule has 0 unspecified atom stereocenters. The van der Waals surface area contributed by atoms with Crippen LogP contribution >= 0.6 is 0 Å². The number of hydrogen-bond acceptors (Lipinski definition) is 0. The Balaban J connectivity index is 4.65. The summed E-state index contributed by atoms with van der Waals surface area (Å²) in [5.74, 6) is -2.19. The van der Waals surface area contributed by atoms with Gasteiger partial charge in [0.1, 0.15) is 5.83 Å². The summed E-state index contributed by atoms with van der Waals surface area (Å²) in [6.45, 7) is 0.265. The van der Waals surface area contributed by atoms with E-state index in [1.165, 1.54) is 0 Å². The van der Waals surface area contributed by atoms with E-state index in [2.05, 4.69) is 0 Å². The van der Waals surface area contributed by atoms with Gasteiger partial charge in [-0.05, 0) is 6.92 Å². The fourth-order valence-electron chi connectivity index (χ4n) is 0.462. The van der Waals surface area contributed by atoms with Crippen molar-refractivity contribution in [1.29, 1.82) is 0 Å². The normalized spacial score (nSPS) is 15.7. The van der Waals surface area contributed by atoms with Gasteiger partial charge < -0.3 is 0 Å². The molecule has 0 amide bonds. The molecule has 0 spiro atoms. The van der Waals surface area contributed by atoms with Crippen LogP contribution in [0.15, 0.2) is 11.4 Å². The van der Waals surface area contributed by atoms with Crippen LogP contribution in [0.25, 0.3) is 0 Å². The molecule has 0 aliphatic rings. The van der Waals surface area contributed by atoms with Crippen LogP contribution < -0.4 is 0 Å². The van der Waals surface area contributed by atoms with Crippen molar-refractivity contribution >= 4 is 0 Å². The van der Waals surface area contributed by atoms with Gasteiger partial charge in [-0.3, -0.25) is 0 Å². The van der Waals surface area contributed by atoms with E-state index < -0.39 is 30.2 Å². The highest BCUT2D eigenvalue weighted by molar-refractivity contribution is 5.11. The summed E-state index contributed by atoms with van der Waals surface area (Å²) in [5, 5.41) is 0. The molecule has 78 valence electrons. The average Bonchev–Trinajstić information content (AvgIpc) is 1.79. The van der Waals surface area contributed by atoms with Crippen LogP contribution in [0.4, 0.5) is 30.7 Å². The quantitative estimate of drug-likeness (QED) is 0.578. The minimum atomic E-state index is -5.05. The van der Waals surface area contributed by atoms with Crippen LogP contribution in [0.5, 0.6) is 0 Å². The summed E-state index contributed by atoms with van der Waals surface area (Å²) in [5.41, 5.74) is -1.84. The lowest BCUT2D eigenvalue weighted by atomic mass is 10.2. The molecule has 0 saturated carbocycles. The predicted molar refractivity (Wildman–Crippen MR) is 30.5 cm³/mol. The summed E-state index contributed by atoms with van der Waals surface area (Å²) in [7, 11) is 0. The minimum Gasteiger partial charge on any atom is -0.211 e. The smallest absolute Gasteiger partial charge is 0.211 e. The van der Waals surface area contributed by atoms with Crippen molar-refractivity contribution in [2.45, 2.75) is 25.7 Å². The number of allylic oxidation sites excluding steroid dienone is 2. The summed E-state index contributed by atoms with van der Waals surface area (Å²) in [4.78, 5) is 0. The molecule has 0 N–H and O–H groups in total. The molecule has 0 aromatic heterocycles. The molecule has 0 aromatic carbocycles. The zero-order chi connectivity index (χ0) is 10.9. The van der Waals surface area contributed by atoms with Crippen molar-refractivity contribution in [2.24, 2.45) is 0 Å². The first kappa shape index (κ1) is 12.2. The van der Waals surface area contributed by atoms with Gasteiger partial charge in [0.25, 0.3) is 0 Å². The molecule has 0 radical (unpaired) electrons. The van der Waals surface area contributed by atoms with Gasteiger partial charge in [-0.15, -0.1) is 0 Å². The van der Waals surface area contributed by atoms with E-state index in [1.54, 1.807) is 0 Å². The van der Waals surface area contributed by atoms with Gasteiger partial charge in [0, 0.05) is 0 Å². The van der Waals surface area contributed by atoms with Crippen LogP contribution in [0.1, 0.15) is 13.3 Å². The van der Waals surface area contributed by atoms with Gasteiger partial charge in [-0.25, -0.2) is 4.39 Å². The third-order valence-corrected chi connectivity index (χ3v) is 1.19. The Morgan fingerprint density at radius 1 is 1.00 bits per heavy atom. The summed E-state index contributed by atoms with van der Waals surface area (Å²) >= 11 is 0. The Morgan fingerprint density at radius 3 is 1.62 bits per heavy atom. The molecule has 0 atom stereocenters.